The van der Waals surface area contributed by atoms with Gasteiger partial charge in [0.25, 0.3) is 0 Å². The first-order valence-electron chi connectivity index (χ1n) is 7.86. The van der Waals surface area contributed by atoms with Crippen molar-refractivity contribution in [1.29, 1.82) is 0 Å². The number of aromatic nitrogens is 3. The van der Waals surface area contributed by atoms with E-state index in [9.17, 15) is 4.79 Å². The quantitative estimate of drug-likeness (QED) is 0.692. The Hall–Kier alpha value is -3.61. The van der Waals surface area contributed by atoms with Crippen LogP contribution in [0.25, 0.3) is 11.8 Å². The molecule has 0 spiro atoms. The number of nitrogens with one attached hydrogen (secondary N) is 1. The third kappa shape index (κ3) is 4.07. The van der Waals surface area contributed by atoms with Gasteiger partial charge in [-0.2, -0.15) is 5.10 Å². The van der Waals surface area contributed by atoms with E-state index in [4.69, 9.17) is 9.47 Å². The van der Waals surface area contributed by atoms with E-state index in [1.807, 2.05) is 24.3 Å². The monoisotopic (exact) mass is 350 g/mol. The highest BCUT2D eigenvalue weighted by Gasteiger charge is 2.04. The summed E-state index contributed by atoms with van der Waals surface area (Å²) in [7, 11) is 3.16. The Bertz CT molecular complexity index is 903. The Balaban J connectivity index is 1.66. The van der Waals surface area contributed by atoms with Gasteiger partial charge in [0.15, 0.2) is 0 Å². The van der Waals surface area contributed by atoms with Gasteiger partial charge < -0.3 is 14.8 Å². The van der Waals surface area contributed by atoms with Crippen molar-refractivity contribution in [2.75, 3.05) is 19.5 Å². The topological polar surface area (TPSA) is 78.3 Å². The minimum atomic E-state index is -0.239. The second kappa shape index (κ2) is 7.98. The standard InChI is InChI=1S/C19H18N4O3/c1-25-17-9-3-14(18(11-17)26-2)4-10-19(24)22-15-5-7-16(8-6-15)23-13-20-12-21-23/h3-13H,1-2H3,(H,22,24)/b10-4+. The van der Waals surface area contributed by atoms with E-state index in [2.05, 4.69) is 15.4 Å². The third-order valence-electron chi connectivity index (χ3n) is 3.67. The van der Waals surface area contributed by atoms with Crippen molar-refractivity contribution in [3.63, 3.8) is 0 Å². The largest absolute Gasteiger partial charge is 0.497 e. The van der Waals surface area contributed by atoms with Gasteiger partial charge in [0.2, 0.25) is 5.91 Å². The predicted molar refractivity (Wildman–Crippen MR) is 98.6 cm³/mol. The molecule has 0 radical (unpaired) electrons. The summed E-state index contributed by atoms with van der Waals surface area (Å²) in [6, 6.07) is 12.7. The molecule has 0 aliphatic carbocycles. The van der Waals surface area contributed by atoms with Crippen LogP contribution >= 0.6 is 0 Å². The molecule has 1 amide bonds. The zero-order chi connectivity index (χ0) is 18.4. The Morgan fingerprint density at radius 1 is 1.12 bits per heavy atom. The molecule has 0 bridgehead atoms. The lowest BCUT2D eigenvalue weighted by Crippen LogP contribution is -2.07. The minimum absolute atomic E-state index is 0.239. The predicted octanol–water partition coefficient (Wildman–Crippen LogP) is 2.94. The van der Waals surface area contributed by atoms with E-state index in [-0.39, 0.29) is 5.91 Å². The van der Waals surface area contributed by atoms with Crippen LogP contribution < -0.4 is 14.8 Å². The van der Waals surface area contributed by atoms with Gasteiger partial charge in [-0.05, 0) is 42.5 Å². The number of amides is 1. The highest BCUT2D eigenvalue weighted by atomic mass is 16.5. The summed E-state index contributed by atoms with van der Waals surface area (Å²) in [5.74, 6) is 1.08. The Labute approximate surface area is 150 Å². The average Bonchev–Trinajstić information content (AvgIpc) is 3.21. The van der Waals surface area contributed by atoms with Gasteiger partial charge in [-0.15, -0.1) is 0 Å². The van der Waals surface area contributed by atoms with Crippen molar-refractivity contribution < 1.29 is 14.3 Å². The summed E-state index contributed by atoms with van der Waals surface area (Å²) in [6.45, 7) is 0. The molecule has 26 heavy (non-hydrogen) atoms. The van der Waals surface area contributed by atoms with Crippen molar-refractivity contribution in [1.82, 2.24) is 14.8 Å². The molecule has 0 aliphatic heterocycles. The van der Waals surface area contributed by atoms with Crippen molar-refractivity contribution in [2.24, 2.45) is 0 Å². The molecule has 7 heteroatoms. The molecule has 1 N–H and O–H groups in total. The Morgan fingerprint density at radius 2 is 1.92 bits per heavy atom. The third-order valence-corrected chi connectivity index (χ3v) is 3.67. The number of anilines is 1. The first kappa shape index (κ1) is 17.2. The molecule has 0 saturated heterocycles. The van der Waals surface area contributed by atoms with Crippen molar-refractivity contribution in [3.8, 4) is 17.2 Å². The van der Waals surface area contributed by atoms with Crippen LogP contribution in [-0.4, -0.2) is 34.9 Å². The number of methoxy groups -OCH3 is 2. The minimum Gasteiger partial charge on any atom is -0.497 e. The summed E-state index contributed by atoms with van der Waals surface area (Å²) in [4.78, 5) is 16.0. The van der Waals surface area contributed by atoms with Gasteiger partial charge in [-0.3, -0.25) is 4.79 Å². The van der Waals surface area contributed by atoms with Gasteiger partial charge in [0, 0.05) is 23.4 Å². The zero-order valence-electron chi connectivity index (χ0n) is 14.4. The van der Waals surface area contributed by atoms with Crippen molar-refractivity contribution in [3.05, 3.63) is 66.8 Å². The highest BCUT2D eigenvalue weighted by Crippen LogP contribution is 2.25. The van der Waals surface area contributed by atoms with Crippen LogP contribution in [0.5, 0.6) is 11.5 Å². The normalized spacial score (nSPS) is 10.7. The summed E-state index contributed by atoms with van der Waals surface area (Å²) in [6.07, 6.45) is 6.22. The SMILES string of the molecule is COc1ccc(/C=C/C(=O)Nc2ccc(-n3cncn3)cc2)c(OC)c1. The first-order chi connectivity index (χ1) is 12.7. The van der Waals surface area contributed by atoms with Crippen molar-refractivity contribution in [2.45, 2.75) is 0 Å². The van der Waals surface area contributed by atoms with Gasteiger partial charge in [-0.1, -0.05) is 0 Å². The van der Waals surface area contributed by atoms with Gasteiger partial charge in [0.1, 0.15) is 24.2 Å². The average molecular weight is 350 g/mol. The second-order valence-corrected chi connectivity index (χ2v) is 5.32. The van der Waals surface area contributed by atoms with Crippen LogP contribution in [0.4, 0.5) is 5.69 Å². The maximum Gasteiger partial charge on any atom is 0.248 e. The molecule has 3 rings (SSSR count). The summed E-state index contributed by atoms with van der Waals surface area (Å²) in [5.41, 5.74) is 2.33. The van der Waals surface area contributed by atoms with Crippen LogP contribution in [0.3, 0.4) is 0 Å². The van der Waals surface area contributed by atoms with Gasteiger partial charge >= 0.3 is 0 Å². The fourth-order valence-electron chi connectivity index (χ4n) is 2.34. The molecule has 0 aliphatic rings. The molecule has 132 valence electrons. The summed E-state index contributed by atoms with van der Waals surface area (Å²) < 4.78 is 12.1. The number of carbonyl (C=O) groups is 1. The van der Waals surface area contributed by atoms with E-state index in [0.717, 1.165) is 11.3 Å². The molecular weight excluding hydrogens is 332 g/mol. The molecular formula is C19H18N4O3. The maximum atomic E-state index is 12.1. The molecule has 3 aromatic rings. The fraction of sp³-hybridized carbons (Fsp3) is 0.105. The Morgan fingerprint density at radius 3 is 2.58 bits per heavy atom. The number of hydrogen-bond acceptors (Lipinski definition) is 5. The van der Waals surface area contributed by atoms with Crippen LogP contribution in [-0.2, 0) is 4.79 Å². The number of rotatable bonds is 6. The van der Waals surface area contributed by atoms with E-state index in [1.165, 1.54) is 12.4 Å². The van der Waals surface area contributed by atoms with E-state index in [1.54, 1.807) is 49.5 Å². The molecule has 2 aromatic carbocycles. The molecule has 0 unspecified atom stereocenters. The lowest BCUT2D eigenvalue weighted by atomic mass is 10.1. The molecule has 0 atom stereocenters. The summed E-state index contributed by atoms with van der Waals surface area (Å²) >= 11 is 0. The van der Waals surface area contributed by atoms with Crippen molar-refractivity contribution >= 4 is 17.7 Å². The van der Waals surface area contributed by atoms with Crippen LogP contribution in [0, 0.1) is 0 Å². The number of nitrogens with zero attached hydrogens (tertiary/aromatic N) is 3. The number of hydrogen-bond donors (Lipinski definition) is 1. The summed E-state index contributed by atoms with van der Waals surface area (Å²) in [5, 5.41) is 6.86. The lowest BCUT2D eigenvalue weighted by Gasteiger charge is -2.07. The van der Waals surface area contributed by atoms with Crippen LogP contribution in [0.2, 0.25) is 0 Å². The molecule has 1 heterocycles. The molecule has 1 aromatic heterocycles. The van der Waals surface area contributed by atoms with Crippen LogP contribution in [0.15, 0.2) is 61.2 Å². The number of benzene rings is 2. The number of carbonyl (C=O) groups excluding carboxylic acids is 1. The van der Waals surface area contributed by atoms with E-state index >= 15 is 0 Å². The molecule has 0 fully saturated rings. The Kier molecular flexibility index (Phi) is 5.28. The first-order valence-corrected chi connectivity index (χ1v) is 7.86. The fourth-order valence-corrected chi connectivity index (χ4v) is 2.34. The van der Waals surface area contributed by atoms with E-state index < -0.39 is 0 Å². The maximum absolute atomic E-state index is 12.1. The van der Waals surface area contributed by atoms with Gasteiger partial charge in [0.05, 0.1) is 19.9 Å². The molecule has 7 nitrogen and oxygen atoms in total. The van der Waals surface area contributed by atoms with E-state index in [0.29, 0.717) is 17.2 Å². The molecule has 0 saturated carbocycles. The number of ether oxygens (including phenoxy) is 2. The smallest absolute Gasteiger partial charge is 0.248 e. The van der Waals surface area contributed by atoms with Crippen LogP contribution in [0.1, 0.15) is 5.56 Å². The highest BCUT2D eigenvalue weighted by molar-refractivity contribution is 6.02. The van der Waals surface area contributed by atoms with Gasteiger partial charge in [-0.25, -0.2) is 9.67 Å². The lowest BCUT2D eigenvalue weighted by molar-refractivity contribution is -0.111. The second-order valence-electron chi connectivity index (χ2n) is 5.32. The zero-order valence-corrected chi connectivity index (χ0v) is 14.4.